The van der Waals surface area contributed by atoms with Gasteiger partial charge in [-0.25, -0.2) is 4.39 Å². The number of benzene rings is 3. The van der Waals surface area contributed by atoms with Crippen LogP contribution < -0.4 is 4.74 Å². The van der Waals surface area contributed by atoms with E-state index in [4.69, 9.17) is 0 Å². The molecule has 0 amide bonds. The molecule has 0 heterocycles. The highest BCUT2D eigenvalue weighted by atomic mass is 32.5. The van der Waals surface area contributed by atoms with Crippen molar-refractivity contribution in [1.82, 2.24) is 0 Å². The zero-order valence-electron chi connectivity index (χ0n) is 15.2. The fourth-order valence-corrected chi connectivity index (χ4v) is 3.29. The van der Waals surface area contributed by atoms with E-state index in [0.29, 0.717) is 23.3 Å². The lowest BCUT2D eigenvalue weighted by Gasteiger charge is -2.40. The molecule has 162 valence electrons. The topological polar surface area (TPSA) is 9.23 Å². The summed E-state index contributed by atoms with van der Waals surface area (Å²) in [7, 11) is -9.94. The van der Waals surface area contributed by atoms with Crippen LogP contribution in [0.5, 0.6) is 5.75 Å². The average Bonchev–Trinajstić information content (AvgIpc) is 2.60. The number of ether oxygens (including phenoxy) is 1. The van der Waals surface area contributed by atoms with Gasteiger partial charge in [0.05, 0.1) is 5.56 Å². The van der Waals surface area contributed by atoms with E-state index in [1.807, 2.05) is 6.92 Å². The predicted molar refractivity (Wildman–Crippen MR) is 98.9 cm³/mol. The fourth-order valence-electron chi connectivity index (χ4n) is 2.64. The molecule has 0 aromatic heterocycles. The van der Waals surface area contributed by atoms with Gasteiger partial charge in [0.1, 0.15) is 16.5 Å². The molecule has 0 saturated carbocycles. The van der Waals surface area contributed by atoms with E-state index in [1.165, 1.54) is 6.07 Å². The summed E-state index contributed by atoms with van der Waals surface area (Å²) < 4.78 is 111. The first-order chi connectivity index (χ1) is 13.5. The average molecular weight is 454 g/mol. The summed E-state index contributed by atoms with van der Waals surface area (Å²) >= 11 is 0. The van der Waals surface area contributed by atoms with Crippen LogP contribution in [0.25, 0.3) is 11.1 Å². The summed E-state index contributed by atoms with van der Waals surface area (Å²) in [6, 6.07) is 10.3. The minimum absolute atomic E-state index is 0.0657. The second-order valence-corrected chi connectivity index (χ2v) is 9.03. The first-order valence-corrected chi connectivity index (χ1v) is 10.3. The Morgan fingerprint density at radius 1 is 0.733 bits per heavy atom. The van der Waals surface area contributed by atoms with E-state index in [0.717, 1.165) is 17.7 Å². The zero-order valence-corrected chi connectivity index (χ0v) is 16.0. The quantitative estimate of drug-likeness (QED) is 0.351. The number of rotatable bonds is 5. The van der Waals surface area contributed by atoms with E-state index < -0.39 is 38.4 Å². The molecule has 0 fully saturated rings. The molecule has 30 heavy (non-hydrogen) atoms. The highest BCUT2D eigenvalue weighted by molar-refractivity contribution is 8.45. The molecule has 0 aliphatic rings. The largest absolute Gasteiger partial charge is 0.429 e. The van der Waals surface area contributed by atoms with Crippen LogP contribution >= 0.6 is 10.2 Å². The van der Waals surface area contributed by atoms with Gasteiger partial charge in [0.25, 0.3) is 0 Å². The van der Waals surface area contributed by atoms with Gasteiger partial charge >= 0.3 is 16.3 Å². The van der Waals surface area contributed by atoms with E-state index in [1.54, 1.807) is 24.3 Å². The second-order valence-electron chi connectivity index (χ2n) is 6.62. The maximum Gasteiger partial charge on any atom is 0.429 e. The van der Waals surface area contributed by atoms with Gasteiger partial charge in [-0.1, -0.05) is 55.3 Å². The SMILES string of the molecule is Cc1ccc(-c2ccc(C(F)(F)Oc3ccc(S(F)(F)(F)(F)F)cc3)c(F)c2)cc1. The van der Waals surface area contributed by atoms with Crippen LogP contribution in [0.1, 0.15) is 11.1 Å². The van der Waals surface area contributed by atoms with Crippen LogP contribution in [0.4, 0.5) is 32.6 Å². The summed E-state index contributed by atoms with van der Waals surface area (Å²) in [5.41, 5.74) is 0.705. The highest BCUT2D eigenvalue weighted by Crippen LogP contribution is 3.02. The standard InChI is InChI=1S/C20H14F8OS/c1-13-2-4-14(5-3-13)15-6-11-18(19(21)12-15)20(22,23)29-16-7-9-17(10-8-16)30(24,25,26,27)28/h2-12H,1H3. The summed E-state index contributed by atoms with van der Waals surface area (Å²) in [5.74, 6) is -2.14. The number of halogens is 8. The number of hydrogen-bond donors (Lipinski definition) is 0. The van der Waals surface area contributed by atoms with Crippen molar-refractivity contribution in [2.75, 3.05) is 0 Å². The zero-order chi connectivity index (χ0) is 22.4. The molecule has 0 bridgehead atoms. The molecule has 0 aliphatic carbocycles. The van der Waals surface area contributed by atoms with Crippen LogP contribution in [-0.2, 0) is 6.11 Å². The molecule has 3 aromatic carbocycles. The molecule has 0 unspecified atom stereocenters. The van der Waals surface area contributed by atoms with E-state index in [9.17, 15) is 32.6 Å². The van der Waals surface area contributed by atoms with E-state index in [-0.39, 0.29) is 12.1 Å². The Balaban J connectivity index is 1.86. The van der Waals surface area contributed by atoms with Crippen molar-refractivity contribution in [3.8, 4) is 16.9 Å². The third-order valence-corrected chi connectivity index (χ3v) is 5.35. The van der Waals surface area contributed by atoms with E-state index >= 15 is 0 Å². The van der Waals surface area contributed by atoms with Gasteiger partial charge in [-0.2, -0.15) is 8.78 Å². The molecular formula is C20H14F8OS. The molecule has 0 spiro atoms. The van der Waals surface area contributed by atoms with Crippen LogP contribution in [0.15, 0.2) is 71.6 Å². The Hall–Kier alpha value is -2.75. The summed E-state index contributed by atoms with van der Waals surface area (Å²) in [5, 5.41) is 0. The van der Waals surface area contributed by atoms with Crippen molar-refractivity contribution >= 4 is 10.2 Å². The Labute approximate surface area is 166 Å². The number of alkyl halides is 2. The molecule has 0 radical (unpaired) electrons. The van der Waals surface area contributed by atoms with Gasteiger partial charge in [0.15, 0.2) is 0 Å². The van der Waals surface area contributed by atoms with Crippen LogP contribution in [0.3, 0.4) is 0 Å². The van der Waals surface area contributed by atoms with Gasteiger partial charge in [-0.05, 0) is 54.4 Å². The van der Waals surface area contributed by atoms with Gasteiger partial charge in [0.2, 0.25) is 0 Å². The smallest absolute Gasteiger partial charge is 0.429 e. The maximum absolute atomic E-state index is 14.3. The van der Waals surface area contributed by atoms with Crippen molar-refractivity contribution in [2.24, 2.45) is 0 Å². The Morgan fingerprint density at radius 2 is 1.27 bits per heavy atom. The lowest BCUT2D eigenvalue weighted by molar-refractivity contribution is -0.187. The monoisotopic (exact) mass is 454 g/mol. The van der Waals surface area contributed by atoms with E-state index in [2.05, 4.69) is 4.74 Å². The van der Waals surface area contributed by atoms with Crippen LogP contribution in [-0.4, -0.2) is 0 Å². The minimum Gasteiger partial charge on any atom is -0.429 e. The molecule has 0 N–H and O–H groups in total. The molecule has 0 saturated heterocycles. The Bertz CT molecular complexity index is 1080. The molecule has 3 rings (SSSR count). The summed E-state index contributed by atoms with van der Waals surface area (Å²) in [4.78, 5) is -2.25. The first-order valence-electron chi connectivity index (χ1n) is 8.33. The van der Waals surface area contributed by atoms with Gasteiger partial charge in [-0.15, -0.1) is 0 Å². The fraction of sp³-hybridized carbons (Fsp3) is 0.100. The predicted octanol–water partition coefficient (Wildman–Crippen LogP) is 8.59. The molecule has 10 heteroatoms. The Morgan fingerprint density at radius 3 is 1.77 bits per heavy atom. The van der Waals surface area contributed by atoms with Crippen molar-refractivity contribution in [3.05, 3.63) is 83.7 Å². The van der Waals surface area contributed by atoms with Gasteiger partial charge in [0, 0.05) is 0 Å². The molecule has 0 atom stereocenters. The second kappa shape index (κ2) is 6.37. The van der Waals surface area contributed by atoms with Crippen LogP contribution in [0, 0.1) is 12.7 Å². The summed E-state index contributed by atoms with van der Waals surface area (Å²) in [6.07, 6.45) is -4.26. The minimum atomic E-state index is -9.94. The van der Waals surface area contributed by atoms with Crippen molar-refractivity contribution < 1.29 is 37.3 Å². The van der Waals surface area contributed by atoms with Crippen molar-refractivity contribution in [3.63, 3.8) is 0 Å². The van der Waals surface area contributed by atoms with Crippen LogP contribution in [0.2, 0.25) is 0 Å². The third kappa shape index (κ3) is 4.86. The normalized spacial score (nSPS) is 14.7. The highest BCUT2D eigenvalue weighted by Gasteiger charge is 2.65. The molecule has 1 nitrogen and oxygen atoms in total. The maximum atomic E-state index is 14.3. The lowest BCUT2D eigenvalue weighted by atomic mass is 10.0. The third-order valence-electron chi connectivity index (χ3n) is 4.18. The van der Waals surface area contributed by atoms with Gasteiger partial charge < -0.3 is 4.74 Å². The Kier molecular flexibility index (Phi) is 4.66. The van der Waals surface area contributed by atoms with Crippen molar-refractivity contribution in [1.29, 1.82) is 0 Å². The molecular weight excluding hydrogens is 440 g/mol. The summed E-state index contributed by atoms with van der Waals surface area (Å²) in [6.45, 7) is 1.84. The first kappa shape index (κ1) is 21.9. The number of aryl methyl sites for hydroxylation is 1. The van der Waals surface area contributed by atoms with Crippen molar-refractivity contribution in [2.45, 2.75) is 17.9 Å². The molecule has 0 aliphatic heterocycles. The number of hydrogen-bond acceptors (Lipinski definition) is 1. The van der Waals surface area contributed by atoms with Gasteiger partial charge in [-0.3, -0.25) is 0 Å². The molecule has 3 aromatic rings. The lowest BCUT2D eigenvalue weighted by Crippen LogP contribution is -2.23.